The summed E-state index contributed by atoms with van der Waals surface area (Å²) < 4.78 is 29.4. The van der Waals surface area contributed by atoms with E-state index in [1.165, 1.54) is 6.07 Å². The lowest BCUT2D eigenvalue weighted by Gasteiger charge is -1.93. The van der Waals surface area contributed by atoms with Gasteiger partial charge in [-0.05, 0) is 18.6 Å². The molecule has 0 saturated heterocycles. The van der Waals surface area contributed by atoms with Gasteiger partial charge in [-0.25, -0.2) is 8.78 Å². The van der Waals surface area contributed by atoms with E-state index in [4.69, 9.17) is 4.42 Å². The van der Waals surface area contributed by atoms with E-state index in [-0.39, 0.29) is 5.76 Å². The molecule has 0 bridgehead atoms. The molecule has 0 aliphatic rings. The van der Waals surface area contributed by atoms with Gasteiger partial charge in [0, 0.05) is 5.39 Å². The van der Waals surface area contributed by atoms with Crippen LogP contribution in [0.4, 0.5) is 8.78 Å². The molecule has 15 heavy (non-hydrogen) atoms. The molecule has 4 heteroatoms. The number of para-hydroxylation sites is 1. The van der Waals surface area contributed by atoms with Crippen molar-refractivity contribution in [2.75, 3.05) is 0 Å². The molecule has 0 N–H and O–H groups in total. The van der Waals surface area contributed by atoms with E-state index in [9.17, 15) is 13.6 Å². The molecule has 0 saturated carbocycles. The number of fused-ring (bicyclic) bond motifs is 1. The minimum Gasteiger partial charge on any atom is -0.452 e. The number of rotatable bonds is 2. The molecule has 1 heterocycles. The number of carbonyl (C=O) groups is 1. The van der Waals surface area contributed by atoms with Gasteiger partial charge in [0.1, 0.15) is 5.58 Å². The Morgan fingerprint density at radius 2 is 2.13 bits per heavy atom. The summed E-state index contributed by atoms with van der Waals surface area (Å²) in [5.41, 5.74) is 1.31. The summed E-state index contributed by atoms with van der Waals surface area (Å²) in [7, 11) is 0. The number of hydrogen-bond acceptors (Lipinski definition) is 2. The van der Waals surface area contributed by atoms with Crippen LogP contribution in [0.3, 0.4) is 0 Å². The quantitative estimate of drug-likeness (QED) is 0.712. The highest BCUT2D eigenvalue weighted by Crippen LogP contribution is 2.23. The summed E-state index contributed by atoms with van der Waals surface area (Å²) in [6, 6.07) is 6.64. The van der Waals surface area contributed by atoms with Crippen molar-refractivity contribution in [3.63, 3.8) is 0 Å². The number of hydrogen-bond donors (Lipinski definition) is 0. The summed E-state index contributed by atoms with van der Waals surface area (Å²) in [4.78, 5) is 11.0. The number of furan rings is 1. The van der Waals surface area contributed by atoms with E-state index < -0.39 is 12.2 Å². The molecule has 0 atom stereocenters. The number of carbonyl (C=O) groups excluding carboxylic acids is 1. The Bertz CT molecular complexity index is 514. The highest BCUT2D eigenvalue weighted by atomic mass is 19.3. The van der Waals surface area contributed by atoms with E-state index in [1.54, 1.807) is 25.1 Å². The first-order valence-electron chi connectivity index (χ1n) is 4.41. The summed E-state index contributed by atoms with van der Waals surface area (Å²) >= 11 is 0. The van der Waals surface area contributed by atoms with Gasteiger partial charge in [-0.1, -0.05) is 18.2 Å². The van der Waals surface area contributed by atoms with E-state index in [2.05, 4.69) is 0 Å². The zero-order valence-electron chi connectivity index (χ0n) is 7.96. The molecule has 0 fully saturated rings. The number of benzene rings is 1. The third-order valence-electron chi connectivity index (χ3n) is 2.18. The number of ketones is 1. The van der Waals surface area contributed by atoms with Gasteiger partial charge in [0.05, 0.1) is 0 Å². The molecule has 2 rings (SSSR count). The molecule has 0 amide bonds. The number of aryl methyl sites for hydroxylation is 1. The summed E-state index contributed by atoms with van der Waals surface area (Å²) in [5, 5.41) is 0.666. The third kappa shape index (κ3) is 1.63. The van der Waals surface area contributed by atoms with E-state index >= 15 is 0 Å². The first-order chi connectivity index (χ1) is 7.09. The lowest BCUT2D eigenvalue weighted by Crippen LogP contribution is -2.08. The maximum Gasteiger partial charge on any atom is 0.303 e. The molecule has 2 aromatic rings. The molecule has 0 aliphatic carbocycles. The lowest BCUT2D eigenvalue weighted by atomic mass is 10.2. The molecule has 0 spiro atoms. The van der Waals surface area contributed by atoms with Crippen molar-refractivity contribution >= 4 is 16.8 Å². The second-order valence-corrected chi connectivity index (χ2v) is 3.27. The summed E-state index contributed by atoms with van der Waals surface area (Å²) in [5.74, 6) is -1.56. The van der Waals surface area contributed by atoms with E-state index in [1.807, 2.05) is 0 Å². The van der Waals surface area contributed by atoms with Gasteiger partial charge >= 0.3 is 6.43 Å². The number of halogens is 2. The molecule has 1 aromatic carbocycles. The Morgan fingerprint density at radius 3 is 2.73 bits per heavy atom. The van der Waals surface area contributed by atoms with Crippen molar-refractivity contribution in [2.24, 2.45) is 0 Å². The highest BCUT2D eigenvalue weighted by Gasteiger charge is 2.22. The Balaban J connectivity index is 2.57. The van der Waals surface area contributed by atoms with Crippen LogP contribution in [0.25, 0.3) is 11.0 Å². The van der Waals surface area contributed by atoms with Gasteiger partial charge in [0.15, 0.2) is 5.76 Å². The Labute approximate surface area is 84.5 Å². The van der Waals surface area contributed by atoms with Crippen molar-refractivity contribution < 1.29 is 18.0 Å². The summed E-state index contributed by atoms with van der Waals surface area (Å²) in [6.45, 7) is 1.79. The minimum atomic E-state index is -3.02. The van der Waals surface area contributed by atoms with Crippen LogP contribution in [0.5, 0.6) is 0 Å². The summed E-state index contributed by atoms with van der Waals surface area (Å²) in [6.07, 6.45) is -3.02. The standard InChI is InChI=1S/C11H8F2O2/c1-6-3-2-4-7-5-8(15-10(6)7)9(14)11(12)13/h2-5,11H,1H3. The fraction of sp³-hybridized carbons (Fsp3) is 0.182. The molecule has 78 valence electrons. The lowest BCUT2D eigenvalue weighted by molar-refractivity contribution is 0.0651. The normalized spacial score (nSPS) is 11.2. The molecule has 0 radical (unpaired) electrons. The predicted molar refractivity (Wildman–Crippen MR) is 51.3 cm³/mol. The average Bonchev–Trinajstić information content (AvgIpc) is 2.61. The van der Waals surface area contributed by atoms with Crippen molar-refractivity contribution in [3.8, 4) is 0 Å². The minimum absolute atomic E-state index is 0.283. The smallest absolute Gasteiger partial charge is 0.303 e. The van der Waals surface area contributed by atoms with Gasteiger partial charge < -0.3 is 4.42 Å². The van der Waals surface area contributed by atoms with Gasteiger partial charge in [-0.3, -0.25) is 4.79 Å². The fourth-order valence-electron chi connectivity index (χ4n) is 1.44. The predicted octanol–water partition coefficient (Wildman–Crippen LogP) is 3.19. The molecule has 0 aliphatic heterocycles. The van der Waals surface area contributed by atoms with Crippen molar-refractivity contribution in [3.05, 3.63) is 35.6 Å². The third-order valence-corrected chi connectivity index (χ3v) is 2.18. The topological polar surface area (TPSA) is 30.2 Å². The van der Waals surface area contributed by atoms with Gasteiger partial charge in [0.25, 0.3) is 5.78 Å². The largest absolute Gasteiger partial charge is 0.452 e. The van der Waals surface area contributed by atoms with Crippen molar-refractivity contribution in [2.45, 2.75) is 13.3 Å². The fourth-order valence-corrected chi connectivity index (χ4v) is 1.44. The molecular weight excluding hydrogens is 202 g/mol. The second-order valence-electron chi connectivity index (χ2n) is 3.27. The molecular formula is C11H8F2O2. The van der Waals surface area contributed by atoms with Crippen LogP contribution in [-0.2, 0) is 0 Å². The van der Waals surface area contributed by atoms with E-state index in [0.717, 1.165) is 5.56 Å². The van der Waals surface area contributed by atoms with Crippen LogP contribution in [-0.4, -0.2) is 12.2 Å². The SMILES string of the molecule is Cc1cccc2cc(C(=O)C(F)F)oc12. The first-order valence-corrected chi connectivity index (χ1v) is 4.41. The molecule has 0 unspecified atom stereocenters. The Hall–Kier alpha value is -1.71. The molecule has 1 aromatic heterocycles. The van der Waals surface area contributed by atoms with Crippen LogP contribution in [0.15, 0.2) is 28.7 Å². The van der Waals surface area contributed by atoms with Crippen LogP contribution in [0, 0.1) is 6.92 Å². The number of alkyl halides is 2. The van der Waals surface area contributed by atoms with Crippen LogP contribution < -0.4 is 0 Å². The van der Waals surface area contributed by atoms with Crippen molar-refractivity contribution in [1.29, 1.82) is 0 Å². The van der Waals surface area contributed by atoms with Gasteiger partial charge in [-0.15, -0.1) is 0 Å². The molecule has 2 nitrogen and oxygen atoms in total. The highest BCUT2D eigenvalue weighted by molar-refractivity contribution is 5.99. The Kier molecular flexibility index (Phi) is 2.26. The van der Waals surface area contributed by atoms with Gasteiger partial charge in [0.2, 0.25) is 0 Å². The maximum absolute atomic E-state index is 12.1. The van der Waals surface area contributed by atoms with Crippen LogP contribution >= 0.6 is 0 Å². The van der Waals surface area contributed by atoms with E-state index in [0.29, 0.717) is 11.0 Å². The van der Waals surface area contributed by atoms with Crippen LogP contribution in [0.2, 0.25) is 0 Å². The number of Topliss-reactive ketones (excluding diaryl/α,β-unsaturated/α-hetero) is 1. The van der Waals surface area contributed by atoms with Crippen LogP contribution in [0.1, 0.15) is 16.1 Å². The zero-order valence-corrected chi connectivity index (χ0v) is 7.96. The van der Waals surface area contributed by atoms with Crippen molar-refractivity contribution in [1.82, 2.24) is 0 Å². The second kappa shape index (κ2) is 3.46. The Morgan fingerprint density at radius 1 is 1.40 bits per heavy atom. The average molecular weight is 210 g/mol. The van der Waals surface area contributed by atoms with Gasteiger partial charge in [-0.2, -0.15) is 0 Å². The first kappa shape index (κ1) is 9.83. The zero-order chi connectivity index (χ0) is 11.0. The maximum atomic E-state index is 12.1. The monoisotopic (exact) mass is 210 g/mol.